The third-order valence-electron chi connectivity index (χ3n) is 1.64. The van der Waals surface area contributed by atoms with E-state index >= 15 is 0 Å². The number of rotatable bonds is 0. The summed E-state index contributed by atoms with van der Waals surface area (Å²) in [6.45, 7) is 4.06. The molecule has 1 heterocycles. The summed E-state index contributed by atoms with van der Waals surface area (Å²) in [6.07, 6.45) is 0. The molecular weight excluding hydrogens is 132 g/mol. The zero-order valence-corrected chi connectivity index (χ0v) is 6.67. The second-order valence-electron chi connectivity index (χ2n) is 2.20. The van der Waals surface area contributed by atoms with Crippen molar-refractivity contribution < 1.29 is 0 Å². The van der Waals surface area contributed by atoms with Crippen LogP contribution in [0.25, 0.3) is 0 Å². The largest absolute Gasteiger partial charge is 0.335 e. The van der Waals surface area contributed by atoms with Crippen molar-refractivity contribution in [2.45, 2.75) is 13.8 Å². The maximum atomic E-state index is 4.97. The van der Waals surface area contributed by atoms with Gasteiger partial charge in [-0.1, -0.05) is 0 Å². The lowest BCUT2D eigenvalue weighted by atomic mass is 10.4. The molecule has 0 aliphatic carbocycles. The van der Waals surface area contributed by atoms with E-state index in [-0.39, 0.29) is 0 Å². The molecule has 9 heavy (non-hydrogen) atoms. The van der Waals surface area contributed by atoms with Crippen LogP contribution in [0.15, 0.2) is 0 Å². The number of hydrogen-bond acceptors (Lipinski definition) is 1. The molecule has 1 aromatic rings. The first kappa shape index (κ1) is 6.55. The summed E-state index contributed by atoms with van der Waals surface area (Å²) in [6, 6.07) is 0. The Morgan fingerprint density at radius 1 is 1.44 bits per heavy atom. The van der Waals surface area contributed by atoms with Crippen molar-refractivity contribution in [3.63, 3.8) is 0 Å². The number of nitrogens with one attached hydrogen (secondary N) is 1. The van der Waals surface area contributed by atoms with Crippen LogP contribution in [0.5, 0.6) is 0 Å². The first-order valence-corrected chi connectivity index (χ1v) is 3.26. The minimum atomic E-state index is 0.796. The number of hydrogen-bond donors (Lipinski definition) is 1. The fourth-order valence-corrected chi connectivity index (χ4v) is 1.03. The van der Waals surface area contributed by atoms with E-state index in [4.69, 9.17) is 12.2 Å². The molecule has 0 unspecified atom stereocenters. The highest BCUT2D eigenvalue weighted by molar-refractivity contribution is 7.71. The predicted molar refractivity (Wildman–Crippen MR) is 40.1 cm³/mol. The van der Waals surface area contributed by atoms with Crippen LogP contribution in [0, 0.1) is 18.6 Å². The van der Waals surface area contributed by atoms with Crippen molar-refractivity contribution in [1.82, 2.24) is 9.55 Å². The summed E-state index contributed by atoms with van der Waals surface area (Å²) in [4.78, 5) is 3.05. The van der Waals surface area contributed by atoms with Crippen molar-refractivity contribution in [2.75, 3.05) is 0 Å². The third kappa shape index (κ3) is 0.920. The Kier molecular flexibility index (Phi) is 1.45. The van der Waals surface area contributed by atoms with Gasteiger partial charge in [0.05, 0.1) is 0 Å². The monoisotopic (exact) mass is 142 g/mol. The maximum Gasteiger partial charge on any atom is 0.177 e. The molecule has 0 fully saturated rings. The normalized spacial score (nSPS) is 10.1. The molecule has 2 nitrogen and oxygen atoms in total. The Hall–Kier alpha value is -0.570. The highest BCUT2D eigenvalue weighted by Crippen LogP contribution is 2.02. The van der Waals surface area contributed by atoms with Gasteiger partial charge in [-0.05, 0) is 26.1 Å². The van der Waals surface area contributed by atoms with Gasteiger partial charge in [0.15, 0.2) is 4.77 Å². The summed E-state index contributed by atoms with van der Waals surface area (Å²) < 4.78 is 2.76. The topological polar surface area (TPSA) is 20.7 Å². The van der Waals surface area contributed by atoms with E-state index in [1.54, 1.807) is 0 Å². The molecule has 3 heteroatoms. The number of aryl methyl sites for hydroxylation is 1. The quantitative estimate of drug-likeness (QED) is 0.547. The van der Waals surface area contributed by atoms with Crippen LogP contribution in [0.1, 0.15) is 11.4 Å². The molecule has 1 rings (SSSR count). The van der Waals surface area contributed by atoms with E-state index in [9.17, 15) is 0 Å². The zero-order chi connectivity index (χ0) is 7.02. The fourth-order valence-electron chi connectivity index (χ4n) is 0.739. The molecule has 0 saturated carbocycles. The van der Waals surface area contributed by atoms with Gasteiger partial charge in [-0.15, -0.1) is 0 Å². The minimum Gasteiger partial charge on any atom is -0.335 e. The summed E-state index contributed by atoms with van der Waals surface area (Å²) in [5, 5.41) is 0. The van der Waals surface area contributed by atoms with Gasteiger partial charge < -0.3 is 9.55 Å². The van der Waals surface area contributed by atoms with Gasteiger partial charge in [-0.25, -0.2) is 0 Å². The predicted octanol–water partition coefficient (Wildman–Crippen LogP) is 1.70. The summed E-state index contributed by atoms with van der Waals surface area (Å²) >= 11 is 4.97. The summed E-state index contributed by atoms with van der Waals surface area (Å²) in [5.74, 6) is 0. The molecule has 1 aromatic heterocycles. The second-order valence-corrected chi connectivity index (χ2v) is 2.59. The Balaban J connectivity index is 3.47. The molecule has 0 saturated heterocycles. The molecule has 0 aliphatic heterocycles. The molecular formula is C6H10N2S. The molecule has 0 spiro atoms. The van der Waals surface area contributed by atoms with E-state index in [1.165, 1.54) is 5.69 Å². The Morgan fingerprint density at radius 2 is 2.00 bits per heavy atom. The van der Waals surface area contributed by atoms with Crippen molar-refractivity contribution in [3.05, 3.63) is 16.2 Å². The SMILES string of the molecule is Cc1[nH]c(=S)n(C)c1C. The van der Waals surface area contributed by atoms with Crippen molar-refractivity contribution in [1.29, 1.82) is 0 Å². The van der Waals surface area contributed by atoms with E-state index in [1.807, 2.05) is 25.5 Å². The van der Waals surface area contributed by atoms with E-state index in [0.29, 0.717) is 0 Å². The van der Waals surface area contributed by atoms with Crippen molar-refractivity contribution in [3.8, 4) is 0 Å². The summed E-state index contributed by atoms with van der Waals surface area (Å²) in [5.41, 5.74) is 2.36. The minimum absolute atomic E-state index is 0.796. The number of aromatic amines is 1. The number of H-pyrrole nitrogens is 1. The zero-order valence-electron chi connectivity index (χ0n) is 5.86. The van der Waals surface area contributed by atoms with Gasteiger partial charge in [-0.3, -0.25) is 0 Å². The Labute approximate surface area is 59.5 Å². The first-order chi connectivity index (χ1) is 4.13. The van der Waals surface area contributed by atoms with Crippen LogP contribution in [-0.4, -0.2) is 9.55 Å². The highest BCUT2D eigenvalue weighted by atomic mass is 32.1. The Morgan fingerprint density at radius 3 is 2.11 bits per heavy atom. The molecule has 0 atom stereocenters. The van der Waals surface area contributed by atoms with Crippen LogP contribution in [0.3, 0.4) is 0 Å². The fraction of sp³-hybridized carbons (Fsp3) is 0.500. The molecule has 50 valence electrons. The second kappa shape index (κ2) is 1.99. The van der Waals surface area contributed by atoms with Gasteiger partial charge in [0.25, 0.3) is 0 Å². The maximum absolute atomic E-state index is 4.97. The molecule has 0 amide bonds. The van der Waals surface area contributed by atoms with Gasteiger partial charge in [0, 0.05) is 18.4 Å². The van der Waals surface area contributed by atoms with E-state index in [0.717, 1.165) is 10.5 Å². The lowest BCUT2D eigenvalue weighted by molar-refractivity contribution is 0.856. The highest BCUT2D eigenvalue weighted by Gasteiger charge is 1.96. The molecule has 0 bridgehead atoms. The van der Waals surface area contributed by atoms with Crippen LogP contribution in [-0.2, 0) is 7.05 Å². The molecule has 0 aliphatic rings. The standard InChI is InChI=1S/C6H10N2S/c1-4-5(2)8(3)6(9)7-4/h1-3H3,(H,7,9). The van der Waals surface area contributed by atoms with Gasteiger partial charge in [0.1, 0.15) is 0 Å². The van der Waals surface area contributed by atoms with Gasteiger partial charge in [-0.2, -0.15) is 0 Å². The molecule has 0 radical (unpaired) electrons. The van der Waals surface area contributed by atoms with Crippen LogP contribution >= 0.6 is 12.2 Å². The number of nitrogens with zero attached hydrogens (tertiary/aromatic N) is 1. The smallest absolute Gasteiger partial charge is 0.177 e. The third-order valence-corrected chi connectivity index (χ3v) is 2.02. The average Bonchev–Trinajstić information content (AvgIpc) is 1.98. The first-order valence-electron chi connectivity index (χ1n) is 2.85. The number of aromatic nitrogens is 2. The lowest BCUT2D eigenvalue weighted by Crippen LogP contribution is -1.89. The van der Waals surface area contributed by atoms with Crippen LogP contribution in [0.4, 0.5) is 0 Å². The molecule has 1 N–H and O–H groups in total. The van der Waals surface area contributed by atoms with Crippen molar-refractivity contribution >= 4 is 12.2 Å². The number of imidazole rings is 1. The average molecular weight is 142 g/mol. The van der Waals surface area contributed by atoms with Crippen LogP contribution in [0.2, 0.25) is 0 Å². The van der Waals surface area contributed by atoms with E-state index < -0.39 is 0 Å². The summed E-state index contributed by atoms with van der Waals surface area (Å²) in [7, 11) is 1.96. The molecule has 0 aromatic carbocycles. The Bertz CT molecular complexity index is 269. The van der Waals surface area contributed by atoms with E-state index in [2.05, 4.69) is 4.98 Å². The lowest BCUT2D eigenvalue weighted by Gasteiger charge is -1.91. The van der Waals surface area contributed by atoms with Gasteiger partial charge in [0.2, 0.25) is 0 Å². The van der Waals surface area contributed by atoms with Crippen molar-refractivity contribution in [2.24, 2.45) is 7.05 Å². The van der Waals surface area contributed by atoms with Crippen LogP contribution < -0.4 is 0 Å². The van der Waals surface area contributed by atoms with Gasteiger partial charge >= 0.3 is 0 Å².